The van der Waals surface area contributed by atoms with Crippen LogP contribution in [0.1, 0.15) is 38.8 Å². The highest BCUT2D eigenvalue weighted by molar-refractivity contribution is 5.79. The van der Waals surface area contributed by atoms with Gasteiger partial charge in [-0.2, -0.15) is 5.10 Å². The van der Waals surface area contributed by atoms with Crippen LogP contribution in [-0.2, 0) is 18.1 Å². The first-order valence-electron chi connectivity index (χ1n) is 10.1. The molecule has 1 atom stereocenters. The Bertz CT molecular complexity index is 858. The van der Waals surface area contributed by atoms with Gasteiger partial charge < -0.3 is 25.2 Å². The fourth-order valence-corrected chi connectivity index (χ4v) is 3.02. The summed E-state index contributed by atoms with van der Waals surface area (Å²) in [6.07, 6.45) is 3.48. The first-order valence-corrected chi connectivity index (χ1v) is 10.1. The number of hydrogen-bond acceptors (Lipinski definition) is 5. The van der Waals surface area contributed by atoms with Crippen LogP contribution in [0.2, 0.25) is 0 Å². The van der Waals surface area contributed by atoms with E-state index in [0.29, 0.717) is 30.5 Å². The standard InChI is InChI=1S/C22H35N5O3/c1-8-23-20(25-15-22(4,28)17-12-26-27(5)13-17)24-14-21(2,3)16-9-10-18(29-6)19(11-16)30-7/h9-13,28H,8,14-15H2,1-7H3,(H2,23,24,25). The van der Waals surface area contributed by atoms with E-state index in [2.05, 4.69) is 29.6 Å². The molecule has 0 radical (unpaired) electrons. The molecule has 0 amide bonds. The normalized spacial score (nSPS) is 14.2. The van der Waals surface area contributed by atoms with Gasteiger partial charge in [0.25, 0.3) is 0 Å². The maximum absolute atomic E-state index is 10.8. The van der Waals surface area contributed by atoms with E-state index in [1.165, 1.54) is 0 Å². The van der Waals surface area contributed by atoms with Crippen molar-refractivity contribution < 1.29 is 14.6 Å². The summed E-state index contributed by atoms with van der Waals surface area (Å²) in [5, 5.41) is 21.4. The molecule has 8 heteroatoms. The van der Waals surface area contributed by atoms with E-state index in [-0.39, 0.29) is 5.41 Å². The van der Waals surface area contributed by atoms with Crippen LogP contribution in [0.5, 0.6) is 11.5 Å². The number of aryl methyl sites for hydroxylation is 1. The molecule has 0 aliphatic carbocycles. The molecule has 2 rings (SSSR count). The lowest BCUT2D eigenvalue weighted by molar-refractivity contribution is 0.0616. The molecule has 1 heterocycles. The molecule has 0 bridgehead atoms. The molecule has 0 fully saturated rings. The zero-order chi connectivity index (χ0) is 22.4. The van der Waals surface area contributed by atoms with Gasteiger partial charge in [-0.15, -0.1) is 0 Å². The minimum absolute atomic E-state index is 0.228. The van der Waals surface area contributed by atoms with E-state index in [4.69, 9.17) is 14.5 Å². The number of guanidine groups is 1. The van der Waals surface area contributed by atoms with E-state index in [9.17, 15) is 5.11 Å². The van der Waals surface area contributed by atoms with Gasteiger partial charge in [0.2, 0.25) is 0 Å². The van der Waals surface area contributed by atoms with Crippen LogP contribution in [0.3, 0.4) is 0 Å². The zero-order valence-electron chi connectivity index (χ0n) is 19.1. The Labute approximate surface area is 179 Å². The highest BCUT2D eigenvalue weighted by atomic mass is 16.5. The summed E-state index contributed by atoms with van der Waals surface area (Å²) in [4.78, 5) is 4.75. The topological polar surface area (TPSA) is 92.9 Å². The molecular weight excluding hydrogens is 382 g/mol. The van der Waals surface area contributed by atoms with Gasteiger partial charge in [0, 0.05) is 30.8 Å². The molecule has 166 valence electrons. The van der Waals surface area contributed by atoms with Crippen molar-refractivity contribution in [3.63, 3.8) is 0 Å². The Balaban J connectivity index is 2.12. The van der Waals surface area contributed by atoms with Crippen molar-refractivity contribution >= 4 is 5.96 Å². The molecule has 0 saturated carbocycles. The second kappa shape index (κ2) is 9.84. The van der Waals surface area contributed by atoms with Gasteiger partial charge in [0.1, 0.15) is 5.60 Å². The molecule has 30 heavy (non-hydrogen) atoms. The third-order valence-electron chi connectivity index (χ3n) is 5.07. The lowest BCUT2D eigenvalue weighted by Crippen LogP contribution is -2.45. The van der Waals surface area contributed by atoms with Crippen LogP contribution in [0, 0.1) is 0 Å². The van der Waals surface area contributed by atoms with Crippen molar-refractivity contribution in [2.24, 2.45) is 12.0 Å². The average Bonchev–Trinajstić information content (AvgIpc) is 3.16. The SMILES string of the molecule is CCNC(=NCC(C)(C)c1ccc(OC)c(OC)c1)NCC(C)(O)c1cnn(C)c1. The van der Waals surface area contributed by atoms with Gasteiger partial charge in [0.15, 0.2) is 17.5 Å². The molecule has 0 spiro atoms. The minimum Gasteiger partial charge on any atom is -0.493 e. The summed E-state index contributed by atoms with van der Waals surface area (Å²) >= 11 is 0. The third kappa shape index (κ3) is 5.89. The van der Waals surface area contributed by atoms with Crippen molar-refractivity contribution in [3.8, 4) is 11.5 Å². The number of benzene rings is 1. The summed E-state index contributed by atoms with van der Waals surface area (Å²) in [6, 6.07) is 5.93. The Morgan fingerprint density at radius 3 is 2.40 bits per heavy atom. The van der Waals surface area contributed by atoms with E-state index in [1.807, 2.05) is 38.4 Å². The van der Waals surface area contributed by atoms with Gasteiger partial charge in [-0.25, -0.2) is 0 Å². The van der Waals surface area contributed by atoms with E-state index in [0.717, 1.165) is 17.7 Å². The number of methoxy groups -OCH3 is 2. The fraction of sp³-hybridized carbons (Fsp3) is 0.545. The monoisotopic (exact) mass is 417 g/mol. The van der Waals surface area contributed by atoms with Crippen molar-refractivity contribution in [1.82, 2.24) is 20.4 Å². The third-order valence-corrected chi connectivity index (χ3v) is 5.07. The predicted molar refractivity (Wildman–Crippen MR) is 119 cm³/mol. The Morgan fingerprint density at radius 1 is 1.13 bits per heavy atom. The first-order chi connectivity index (χ1) is 14.1. The van der Waals surface area contributed by atoms with E-state index in [1.54, 1.807) is 32.0 Å². The maximum atomic E-state index is 10.8. The van der Waals surface area contributed by atoms with Crippen molar-refractivity contribution in [1.29, 1.82) is 0 Å². The summed E-state index contributed by atoms with van der Waals surface area (Å²) in [7, 11) is 5.09. The number of hydrogen-bond donors (Lipinski definition) is 3. The van der Waals surface area contributed by atoms with Crippen molar-refractivity contribution in [2.75, 3.05) is 33.9 Å². The number of rotatable bonds is 9. The molecular formula is C22H35N5O3. The zero-order valence-corrected chi connectivity index (χ0v) is 19.1. The molecule has 0 saturated heterocycles. The van der Waals surface area contributed by atoms with Crippen LogP contribution in [0.15, 0.2) is 35.6 Å². The van der Waals surface area contributed by atoms with E-state index < -0.39 is 5.60 Å². The van der Waals surface area contributed by atoms with Crippen LogP contribution < -0.4 is 20.1 Å². The lowest BCUT2D eigenvalue weighted by Gasteiger charge is -2.26. The minimum atomic E-state index is -1.07. The van der Waals surface area contributed by atoms with E-state index >= 15 is 0 Å². The number of aliphatic hydroxyl groups is 1. The lowest BCUT2D eigenvalue weighted by atomic mass is 9.84. The second-order valence-electron chi connectivity index (χ2n) is 8.18. The van der Waals surface area contributed by atoms with Gasteiger partial charge in [0.05, 0.1) is 33.5 Å². The molecule has 1 unspecified atom stereocenters. The van der Waals surface area contributed by atoms with Gasteiger partial charge in [-0.1, -0.05) is 19.9 Å². The first kappa shape index (κ1) is 23.5. The maximum Gasteiger partial charge on any atom is 0.191 e. The van der Waals surface area contributed by atoms with Crippen molar-refractivity contribution in [3.05, 3.63) is 41.7 Å². The molecule has 0 aliphatic heterocycles. The number of nitrogens with one attached hydrogen (secondary N) is 2. The number of nitrogens with zero attached hydrogens (tertiary/aromatic N) is 3. The summed E-state index contributed by atoms with van der Waals surface area (Å²) < 4.78 is 12.4. The number of aromatic nitrogens is 2. The Kier molecular flexibility index (Phi) is 7.72. The number of aliphatic imine (C=N–C) groups is 1. The Morgan fingerprint density at radius 2 is 1.83 bits per heavy atom. The average molecular weight is 418 g/mol. The predicted octanol–water partition coefficient (Wildman–Crippen LogP) is 2.18. The van der Waals surface area contributed by atoms with Gasteiger partial charge >= 0.3 is 0 Å². The largest absolute Gasteiger partial charge is 0.493 e. The highest BCUT2D eigenvalue weighted by Gasteiger charge is 2.26. The number of ether oxygens (including phenoxy) is 2. The molecule has 8 nitrogen and oxygen atoms in total. The second-order valence-corrected chi connectivity index (χ2v) is 8.18. The smallest absolute Gasteiger partial charge is 0.191 e. The fourth-order valence-electron chi connectivity index (χ4n) is 3.02. The molecule has 3 N–H and O–H groups in total. The van der Waals surface area contributed by atoms with Crippen LogP contribution in [0.25, 0.3) is 0 Å². The van der Waals surface area contributed by atoms with Crippen LogP contribution in [0.4, 0.5) is 0 Å². The van der Waals surface area contributed by atoms with Crippen molar-refractivity contribution in [2.45, 2.75) is 38.7 Å². The summed E-state index contributed by atoms with van der Waals surface area (Å²) in [6.45, 7) is 9.61. The van der Waals surface area contributed by atoms with Crippen LogP contribution in [-0.4, -0.2) is 54.7 Å². The molecule has 2 aromatic rings. The molecule has 1 aromatic carbocycles. The quantitative estimate of drug-likeness (QED) is 0.428. The van der Waals surface area contributed by atoms with Gasteiger partial charge in [-0.3, -0.25) is 9.67 Å². The highest BCUT2D eigenvalue weighted by Crippen LogP contribution is 2.33. The van der Waals surface area contributed by atoms with Gasteiger partial charge in [-0.05, 0) is 31.5 Å². The molecule has 1 aromatic heterocycles. The Hall–Kier alpha value is -2.74. The summed E-state index contributed by atoms with van der Waals surface area (Å²) in [5.74, 6) is 2.05. The van der Waals surface area contributed by atoms with Crippen LogP contribution >= 0.6 is 0 Å². The summed E-state index contributed by atoms with van der Waals surface area (Å²) in [5.41, 5.74) is 0.554. The molecule has 0 aliphatic rings.